The Bertz CT molecular complexity index is 976. The number of benzene rings is 2. The molecule has 0 radical (unpaired) electrons. The lowest BCUT2D eigenvalue weighted by Crippen LogP contribution is -2.30. The smallest absolute Gasteiger partial charge is 0.243 e. The van der Waals surface area contributed by atoms with Crippen molar-refractivity contribution in [1.29, 1.82) is 5.26 Å². The summed E-state index contributed by atoms with van der Waals surface area (Å²) in [7, 11) is -3.60. The van der Waals surface area contributed by atoms with Crippen LogP contribution in [0.15, 0.2) is 47.4 Å². The summed E-state index contributed by atoms with van der Waals surface area (Å²) in [5, 5.41) is 14.5. The number of nitrogens with zero attached hydrogens (tertiary/aromatic N) is 2. The van der Waals surface area contributed by atoms with Gasteiger partial charge >= 0.3 is 0 Å². The van der Waals surface area contributed by atoms with Gasteiger partial charge in [-0.25, -0.2) is 8.42 Å². The minimum Gasteiger partial charge on any atom is -0.376 e. The van der Waals surface area contributed by atoms with Crippen LogP contribution in [0.25, 0.3) is 0 Å². The summed E-state index contributed by atoms with van der Waals surface area (Å²) < 4.78 is 26.7. The normalized spacial score (nSPS) is 11.1. The molecule has 0 aromatic heterocycles. The van der Waals surface area contributed by atoms with E-state index in [1.54, 1.807) is 57.2 Å². The number of hydrogen-bond donors (Lipinski definition) is 2. The van der Waals surface area contributed by atoms with Crippen LogP contribution >= 0.6 is 0 Å². The van der Waals surface area contributed by atoms with Gasteiger partial charge in [0.1, 0.15) is 0 Å². The van der Waals surface area contributed by atoms with E-state index in [1.165, 1.54) is 10.4 Å². The molecular weight excluding hydrogens is 376 g/mol. The quantitative estimate of drug-likeness (QED) is 0.709. The summed E-state index contributed by atoms with van der Waals surface area (Å²) in [5.74, 6) is -0.301. The van der Waals surface area contributed by atoms with Crippen LogP contribution in [0, 0.1) is 18.3 Å². The van der Waals surface area contributed by atoms with Crippen molar-refractivity contribution in [2.45, 2.75) is 25.7 Å². The van der Waals surface area contributed by atoms with Crippen LogP contribution < -0.4 is 10.6 Å². The van der Waals surface area contributed by atoms with Gasteiger partial charge in [0.25, 0.3) is 0 Å². The van der Waals surface area contributed by atoms with Crippen molar-refractivity contribution in [3.05, 3.63) is 53.6 Å². The van der Waals surface area contributed by atoms with Crippen molar-refractivity contribution < 1.29 is 13.2 Å². The van der Waals surface area contributed by atoms with Crippen molar-refractivity contribution in [2.24, 2.45) is 0 Å². The lowest BCUT2D eigenvalue weighted by Gasteiger charge is -2.19. The molecule has 0 aliphatic rings. The molecule has 7 nitrogen and oxygen atoms in total. The molecule has 8 heteroatoms. The number of carbonyl (C=O) groups is 1. The summed E-state index contributed by atoms with van der Waals surface area (Å²) >= 11 is 0. The highest BCUT2D eigenvalue weighted by Gasteiger charge is 2.22. The summed E-state index contributed by atoms with van der Waals surface area (Å²) in [6, 6.07) is 13.5. The molecule has 0 atom stereocenters. The number of nitrogens with one attached hydrogen (secondary N) is 2. The van der Waals surface area contributed by atoms with Crippen LogP contribution in [0.3, 0.4) is 0 Å². The Kier molecular flexibility index (Phi) is 7.15. The van der Waals surface area contributed by atoms with Gasteiger partial charge in [0, 0.05) is 24.5 Å². The van der Waals surface area contributed by atoms with Gasteiger partial charge in [0.15, 0.2) is 0 Å². The number of rotatable bonds is 8. The number of anilines is 2. The Hall–Kier alpha value is -2.89. The molecule has 0 saturated carbocycles. The van der Waals surface area contributed by atoms with Crippen LogP contribution in [0.1, 0.15) is 25.0 Å². The molecule has 2 aromatic rings. The molecule has 0 heterocycles. The van der Waals surface area contributed by atoms with Crippen molar-refractivity contribution in [1.82, 2.24) is 4.31 Å². The second-order valence-electron chi connectivity index (χ2n) is 6.16. The highest BCUT2D eigenvalue weighted by molar-refractivity contribution is 7.89. The standard InChI is InChI=1S/C20H24N4O3S/c1-4-24(5-2)28(26,27)18-11-6-15(3)19(12-18)23-20(25)14-22-17-9-7-16(13-21)8-10-17/h6-12,22H,4-5,14H2,1-3H3,(H,23,25). The molecule has 0 fully saturated rings. The minimum atomic E-state index is -3.60. The molecule has 0 aliphatic carbocycles. The molecule has 0 bridgehead atoms. The van der Waals surface area contributed by atoms with Gasteiger partial charge in [-0.3, -0.25) is 4.79 Å². The Morgan fingerprint density at radius 1 is 1.11 bits per heavy atom. The maximum absolute atomic E-state index is 12.7. The fourth-order valence-electron chi connectivity index (χ4n) is 2.65. The second-order valence-corrected chi connectivity index (χ2v) is 8.09. The van der Waals surface area contributed by atoms with Gasteiger partial charge in [-0.05, 0) is 48.9 Å². The predicted molar refractivity (Wildman–Crippen MR) is 110 cm³/mol. The molecule has 1 amide bonds. The van der Waals surface area contributed by atoms with Crippen LogP contribution in [-0.4, -0.2) is 38.3 Å². The predicted octanol–water partition coefficient (Wildman–Crippen LogP) is 2.95. The van der Waals surface area contributed by atoms with E-state index >= 15 is 0 Å². The molecule has 0 spiro atoms. The average Bonchev–Trinajstić information content (AvgIpc) is 2.69. The van der Waals surface area contributed by atoms with Gasteiger partial charge in [-0.1, -0.05) is 19.9 Å². The molecule has 0 saturated heterocycles. The number of carbonyl (C=O) groups excluding carboxylic acids is 1. The zero-order valence-corrected chi connectivity index (χ0v) is 17.0. The summed E-state index contributed by atoms with van der Waals surface area (Å²) in [6.07, 6.45) is 0. The van der Waals surface area contributed by atoms with Gasteiger partial charge in [0.05, 0.1) is 23.1 Å². The summed E-state index contributed by atoms with van der Waals surface area (Å²) in [6.45, 7) is 6.14. The van der Waals surface area contributed by atoms with Crippen molar-refractivity contribution >= 4 is 27.3 Å². The molecule has 2 rings (SSSR count). The topological polar surface area (TPSA) is 102 Å². The zero-order valence-electron chi connectivity index (χ0n) is 16.2. The van der Waals surface area contributed by atoms with E-state index in [-0.39, 0.29) is 17.3 Å². The first kappa shape index (κ1) is 21.4. The fourth-order valence-corrected chi connectivity index (χ4v) is 4.13. The second kappa shape index (κ2) is 9.35. The maximum Gasteiger partial charge on any atom is 0.243 e. The van der Waals surface area contributed by atoms with Gasteiger partial charge < -0.3 is 10.6 Å². The number of amides is 1. The molecule has 28 heavy (non-hydrogen) atoms. The van der Waals surface area contributed by atoms with E-state index in [1.807, 2.05) is 6.07 Å². The van der Waals surface area contributed by atoms with E-state index in [2.05, 4.69) is 10.6 Å². The van der Waals surface area contributed by atoms with Gasteiger partial charge in [0.2, 0.25) is 15.9 Å². The minimum absolute atomic E-state index is 0.0123. The number of sulfonamides is 1. The van der Waals surface area contributed by atoms with E-state index in [4.69, 9.17) is 5.26 Å². The average molecular weight is 401 g/mol. The Morgan fingerprint density at radius 2 is 1.75 bits per heavy atom. The third kappa shape index (κ3) is 5.09. The molecule has 0 unspecified atom stereocenters. The van der Waals surface area contributed by atoms with Gasteiger partial charge in [-0.15, -0.1) is 0 Å². The molecule has 0 aliphatic heterocycles. The van der Waals surface area contributed by atoms with Crippen LogP contribution in [0.5, 0.6) is 0 Å². The van der Waals surface area contributed by atoms with E-state index in [9.17, 15) is 13.2 Å². The lowest BCUT2D eigenvalue weighted by molar-refractivity contribution is -0.114. The Balaban J connectivity index is 2.10. The van der Waals surface area contributed by atoms with E-state index in [0.717, 1.165) is 5.56 Å². The zero-order chi connectivity index (χ0) is 20.7. The van der Waals surface area contributed by atoms with Crippen LogP contribution in [0.2, 0.25) is 0 Å². The molecule has 148 valence electrons. The maximum atomic E-state index is 12.7. The number of hydrogen-bond acceptors (Lipinski definition) is 5. The first-order valence-electron chi connectivity index (χ1n) is 8.96. The lowest BCUT2D eigenvalue weighted by atomic mass is 10.2. The summed E-state index contributed by atoms with van der Waals surface area (Å²) in [4.78, 5) is 12.4. The van der Waals surface area contributed by atoms with E-state index < -0.39 is 10.0 Å². The summed E-state index contributed by atoms with van der Waals surface area (Å²) in [5.41, 5.74) is 2.48. The van der Waals surface area contributed by atoms with Crippen molar-refractivity contribution in [3.63, 3.8) is 0 Å². The third-order valence-electron chi connectivity index (χ3n) is 4.29. The first-order valence-corrected chi connectivity index (χ1v) is 10.4. The molecular formula is C20H24N4O3S. The Labute approximate surface area is 166 Å². The highest BCUT2D eigenvalue weighted by atomic mass is 32.2. The number of aryl methyl sites for hydroxylation is 1. The molecule has 2 aromatic carbocycles. The van der Waals surface area contributed by atoms with E-state index in [0.29, 0.717) is 30.0 Å². The van der Waals surface area contributed by atoms with Crippen molar-refractivity contribution in [2.75, 3.05) is 30.3 Å². The largest absolute Gasteiger partial charge is 0.376 e. The fraction of sp³-hybridized carbons (Fsp3) is 0.300. The van der Waals surface area contributed by atoms with Crippen molar-refractivity contribution in [3.8, 4) is 6.07 Å². The SMILES string of the molecule is CCN(CC)S(=O)(=O)c1ccc(C)c(NC(=O)CNc2ccc(C#N)cc2)c1. The monoisotopic (exact) mass is 400 g/mol. The number of nitriles is 1. The third-order valence-corrected chi connectivity index (χ3v) is 6.34. The van der Waals surface area contributed by atoms with Gasteiger partial charge in [-0.2, -0.15) is 9.57 Å². The first-order chi connectivity index (χ1) is 13.3. The highest BCUT2D eigenvalue weighted by Crippen LogP contribution is 2.23. The molecule has 2 N–H and O–H groups in total. The Morgan fingerprint density at radius 3 is 2.32 bits per heavy atom. The van der Waals surface area contributed by atoms with Crippen LogP contribution in [0.4, 0.5) is 11.4 Å². The van der Waals surface area contributed by atoms with Crippen LogP contribution in [-0.2, 0) is 14.8 Å².